The number of fused-ring (bicyclic) bond motifs is 1. The molecule has 0 spiro atoms. The van der Waals surface area contributed by atoms with E-state index in [0.29, 0.717) is 36.3 Å². The zero-order valence-electron chi connectivity index (χ0n) is 22.0. The molecule has 4 heterocycles. The molecule has 1 N–H and O–H groups in total. The van der Waals surface area contributed by atoms with Gasteiger partial charge in [-0.3, -0.25) is 14.5 Å². The van der Waals surface area contributed by atoms with E-state index in [-0.39, 0.29) is 24.4 Å². The molecule has 3 aliphatic rings. The number of pyridine rings is 1. The highest BCUT2D eigenvalue weighted by atomic mass is 32.2. The first-order valence-electron chi connectivity index (χ1n) is 13.2. The normalized spacial score (nSPS) is 26.0. The predicted molar refractivity (Wildman–Crippen MR) is 147 cm³/mol. The summed E-state index contributed by atoms with van der Waals surface area (Å²) in [6.07, 6.45) is 9.31. The van der Waals surface area contributed by atoms with Crippen LogP contribution in [0.5, 0.6) is 0 Å². The van der Waals surface area contributed by atoms with Crippen molar-refractivity contribution in [2.45, 2.75) is 64.7 Å². The SMILES string of the molecule is CSC1=CC(C)=NC(=O)C1CNC(=O)c1c(C)n([C@H](C)C2CCC(N3CC(F)C3)CC2)c2ncccc12. The van der Waals surface area contributed by atoms with E-state index in [1.165, 1.54) is 11.8 Å². The maximum absolute atomic E-state index is 13.5. The first-order valence-corrected chi connectivity index (χ1v) is 14.5. The lowest BCUT2D eigenvalue weighted by atomic mass is 9.80. The third-order valence-corrected chi connectivity index (χ3v) is 9.30. The van der Waals surface area contributed by atoms with Gasteiger partial charge in [0.15, 0.2) is 0 Å². The number of rotatable bonds is 7. The van der Waals surface area contributed by atoms with E-state index in [9.17, 15) is 14.0 Å². The first kappa shape index (κ1) is 26.1. The van der Waals surface area contributed by atoms with E-state index in [2.05, 4.69) is 31.7 Å². The fraction of sp³-hybridized carbons (Fsp3) is 0.571. The van der Waals surface area contributed by atoms with Crippen molar-refractivity contribution >= 4 is 40.3 Å². The van der Waals surface area contributed by atoms with Crippen molar-refractivity contribution in [2.24, 2.45) is 16.8 Å². The molecule has 0 bridgehead atoms. The van der Waals surface area contributed by atoms with Gasteiger partial charge in [-0.15, -0.1) is 11.8 Å². The number of carbonyl (C=O) groups excluding carboxylic acids is 2. The average Bonchev–Trinajstić information content (AvgIpc) is 3.17. The standard InChI is InChI=1S/C28H36FN5O2S/c1-16-12-24(37-4)23(27(35)32-16)13-31-28(36)25-18(3)34(26-22(25)6-5-11-30-26)17(2)19-7-9-21(10-8-19)33-14-20(29)15-33/h5-6,11-12,17,19-21,23H,7-10,13-15H2,1-4H3,(H,31,36)/t17-,19?,21?,23?/m1/s1. The summed E-state index contributed by atoms with van der Waals surface area (Å²) in [6.45, 7) is 7.41. The van der Waals surface area contributed by atoms with Gasteiger partial charge in [0.2, 0.25) is 0 Å². The third kappa shape index (κ3) is 5.00. The molecule has 1 unspecified atom stereocenters. The Morgan fingerprint density at radius 3 is 2.65 bits per heavy atom. The minimum Gasteiger partial charge on any atom is -0.351 e. The lowest BCUT2D eigenvalue weighted by Crippen LogP contribution is -2.54. The molecule has 2 amide bonds. The van der Waals surface area contributed by atoms with E-state index in [1.54, 1.807) is 6.20 Å². The van der Waals surface area contributed by atoms with Crippen LogP contribution in [-0.2, 0) is 4.79 Å². The van der Waals surface area contributed by atoms with E-state index in [4.69, 9.17) is 0 Å². The molecule has 5 rings (SSSR count). The highest BCUT2D eigenvalue weighted by molar-refractivity contribution is 8.02. The molecular formula is C28H36FN5O2S. The minimum atomic E-state index is -0.655. The Hall–Kier alpha value is -2.52. The number of nitrogens with one attached hydrogen (secondary N) is 1. The molecule has 37 heavy (non-hydrogen) atoms. The maximum Gasteiger partial charge on any atom is 0.255 e. The Morgan fingerprint density at radius 2 is 1.97 bits per heavy atom. The van der Waals surface area contributed by atoms with Crippen LogP contribution in [0.25, 0.3) is 11.0 Å². The smallest absolute Gasteiger partial charge is 0.255 e. The van der Waals surface area contributed by atoms with Crippen molar-refractivity contribution in [3.63, 3.8) is 0 Å². The summed E-state index contributed by atoms with van der Waals surface area (Å²) in [5.74, 6) is -0.387. The van der Waals surface area contributed by atoms with Crippen LogP contribution in [0.4, 0.5) is 4.39 Å². The number of dihydropyridines is 1. The maximum atomic E-state index is 13.5. The van der Waals surface area contributed by atoms with Crippen LogP contribution in [0.2, 0.25) is 0 Å². The Kier molecular flexibility index (Phi) is 7.54. The van der Waals surface area contributed by atoms with E-state index in [1.807, 2.05) is 38.3 Å². The lowest BCUT2D eigenvalue weighted by Gasteiger charge is -2.44. The molecule has 0 radical (unpaired) electrons. The quantitative estimate of drug-likeness (QED) is 0.566. The minimum absolute atomic E-state index is 0.188. The monoisotopic (exact) mass is 525 g/mol. The molecule has 1 saturated carbocycles. The molecule has 9 heteroatoms. The van der Waals surface area contributed by atoms with Crippen molar-refractivity contribution in [3.05, 3.63) is 40.6 Å². The van der Waals surface area contributed by atoms with Crippen LogP contribution in [0.15, 0.2) is 34.3 Å². The molecule has 2 fully saturated rings. The number of likely N-dealkylation sites (tertiary alicyclic amines) is 1. The molecule has 1 saturated heterocycles. The molecular weight excluding hydrogens is 489 g/mol. The van der Waals surface area contributed by atoms with Crippen LogP contribution in [0.1, 0.15) is 61.6 Å². The molecule has 0 aromatic carbocycles. The van der Waals surface area contributed by atoms with E-state index < -0.39 is 12.1 Å². The first-order chi connectivity index (χ1) is 17.8. The Balaban J connectivity index is 1.34. The molecule has 2 aromatic rings. The van der Waals surface area contributed by atoms with Gasteiger partial charge in [-0.05, 0) is 76.8 Å². The van der Waals surface area contributed by atoms with Crippen LogP contribution < -0.4 is 5.32 Å². The predicted octanol–water partition coefficient (Wildman–Crippen LogP) is 4.71. The lowest BCUT2D eigenvalue weighted by molar-refractivity contribution is -0.120. The number of alkyl halides is 1. The number of aromatic nitrogens is 2. The molecule has 2 aromatic heterocycles. The Bertz CT molecular complexity index is 1260. The van der Waals surface area contributed by atoms with Gasteiger partial charge in [0.05, 0.1) is 11.5 Å². The second kappa shape index (κ2) is 10.7. The van der Waals surface area contributed by atoms with Crippen molar-refractivity contribution in [3.8, 4) is 0 Å². The number of amides is 2. The zero-order chi connectivity index (χ0) is 26.3. The summed E-state index contributed by atoms with van der Waals surface area (Å²) in [6, 6.07) is 4.50. The summed E-state index contributed by atoms with van der Waals surface area (Å²) >= 11 is 1.52. The topological polar surface area (TPSA) is 79.6 Å². The second-order valence-corrected chi connectivity index (χ2v) is 11.5. The number of hydrogen-bond donors (Lipinski definition) is 1. The fourth-order valence-corrected chi connectivity index (χ4v) is 7.10. The average molecular weight is 526 g/mol. The number of aliphatic imine (C=N–C) groups is 1. The highest BCUT2D eigenvalue weighted by Crippen LogP contribution is 2.39. The number of hydrogen-bond acceptors (Lipinski definition) is 5. The van der Waals surface area contributed by atoms with Gasteiger partial charge in [-0.1, -0.05) is 0 Å². The van der Waals surface area contributed by atoms with Gasteiger partial charge in [-0.25, -0.2) is 14.4 Å². The largest absolute Gasteiger partial charge is 0.351 e. The molecule has 198 valence electrons. The number of thioether (sulfide) groups is 1. The number of halogens is 1. The number of nitrogens with zero attached hydrogens (tertiary/aromatic N) is 4. The number of allylic oxidation sites excluding steroid dienone is 1. The Morgan fingerprint density at radius 1 is 1.24 bits per heavy atom. The van der Waals surface area contributed by atoms with Crippen LogP contribution in [0, 0.1) is 18.8 Å². The van der Waals surface area contributed by atoms with E-state index in [0.717, 1.165) is 47.3 Å². The summed E-state index contributed by atoms with van der Waals surface area (Å²) in [4.78, 5) is 38.0. The summed E-state index contributed by atoms with van der Waals surface area (Å²) < 4.78 is 15.6. The third-order valence-electron chi connectivity index (χ3n) is 8.43. The van der Waals surface area contributed by atoms with Gasteiger partial charge in [0.25, 0.3) is 11.8 Å². The van der Waals surface area contributed by atoms with Gasteiger partial charge in [0.1, 0.15) is 11.8 Å². The van der Waals surface area contributed by atoms with Crippen LogP contribution in [0.3, 0.4) is 0 Å². The van der Waals surface area contributed by atoms with Crippen molar-refractivity contribution in [1.82, 2.24) is 19.8 Å². The van der Waals surface area contributed by atoms with Gasteiger partial charge >= 0.3 is 0 Å². The molecule has 2 aliphatic heterocycles. The molecule has 1 aliphatic carbocycles. The van der Waals surface area contributed by atoms with Crippen molar-refractivity contribution < 1.29 is 14.0 Å². The van der Waals surface area contributed by atoms with Crippen molar-refractivity contribution in [1.29, 1.82) is 0 Å². The van der Waals surface area contributed by atoms with Gasteiger partial charge in [0, 0.05) is 59.6 Å². The zero-order valence-corrected chi connectivity index (χ0v) is 22.9. The van der Waals surface area contributed by atoms with Crippen LogP contribution >= 0.6 is 11.8 Å². The highest BCUT2D eigenvalue weighted by Gasteiger charge is 2.36. The second-order valence-electron chi connectivity index (χ2n) is 10.7. The fourth-order valence-electron chi connectivity index (χ4n) is 6.34. The summed E-state index contributed by atoms with van der Waals surface area (Å²) in [5, 5.41) is 3.85. The molecule has 2 atom stereocenters. The van der Waals surface area contributed by atoms with Gasteiger partial charge < -0.3 is 9.88 Å². The number of carbonyl (C=O) groups is 2. The molecule has 7 nitrogen and oxygen atoms in total. The van der Waals surface area contributed by atoms with Gasteiger partial charge in [-0.2, -0.15) is 0 Å². The summed E-state index contributed by atoms with van der Waals surface area (Å²) in [7, 11) is 0. The van der Waals surface area contributed by atoms with Crippen LogP contribution in [-0.4, -0.2) is 70.1 Å². The van der Waals surface area contributed by atoms with E-state index >= 15 is 0 Å². The van der Waals surface area contributed by atoms with Crippen molar-refractivity contribution in [2.75, 3.05) is 25.9 Å². The summed E-state index contributed by atoms with van der Waals surface area (Å²) in [5.41, 5.74) is 3.03. The Labute approximate surface area is 222 Å².